The number of carboxylic acid groups (broad SMARTS) is 1. The molecule has 104 valence electrons. The first-order valence-electron chi connectivity index (χ1n) is 5.72. The molecule has 2 N–H and O–H groups in total. The average Bonchev–Trinajstić information content (AvgIpc) is 2.23. The minimum absolute atomic E-state index is 0.130. The largest absolute Gasteiger partial charge is 0.481 e. The van der Waals surface area contributed by atoms with E-state index >= 15 is 0 Å². The molecule has 0 rings (SSSR count). The minimum atomic E-state index is -1.16. The van der Waals surface area contributed by atoms with Crippen molar-refractivity contribution >= 4 is 17.8 Å². The van der Waals surface area contributed by atoms with Crippen LogP contribution in [0.4, 0.5) is 0 Å². The number of rotatable bonds is 6. The van der Waals surface area contributed by atoms with Crippen LogP contribution < -0.4 is 5.32 Å². The molecule has 0 spiro atoms. The van der Waals surface area contributed by atoms with Crippen molar-refractivity contribution < 1.29 is 24.2 Å². The number of carbonyl (C=O) groups excluding carboxylic acids is 2. The van der Waals surface area contributed by atoms with Crippen LogP contribution in [0.2, 0.25) is 0 Å². The van der Waals surface area contributed by atoms with E-state index in [4.69, 9.17) is 5.11 Å². The molecule has 0 saturated carbocycles. The molecular weight excluding hydrogens is 238 g/mol. The van der Waals surface area contributed by atoms with Gasteiger partial charge in [0.15, 0.2) is 0 Å². The van der Waals surface area contributed by atoms with Crippen molar-refractivity contribution in [2.24, 2.45) is 11.3 Å². The van der Waals surface area contributed by atoms with Crippen molar-refractivity contribution in [2.45, 2.75) is 40.2 Å². The Morgan fingerprint density at radius 1 is 1.28 bits per heavy atom. The third kappa shape index (κ3) is 4.73. The predicted octanol–water partition coefficient (Wildman–Crippen LogP) is 0.801. The van der Waals surface area contributed by atoms with Gasteiger partial charge in [-0.2, -0.15) is 0 Å². The summed E-state index contributed by atoms with van der Waals surface area (Å²) in [6, 6.07) is -0.757. The lowest BCUT2D eigenvalue weighted by Crippen LogP contribution is -2.46. The molecule has 0 aliphatic carbocycles. The Labute approximate surface area is 107 Å². The van der Waals surface area contributed by atoms with Crippen molar-refractivity contribution in [1.82, 2.24) is 5.32 Å². The van der Waals surface area contributed by atoms with Crippen molar-refractivity contribution in [3.05, 3.63) is 0 Å². The molecule has 0 heterocycles. The summed E-state index contributed by atoms with van der Waals surface area (Å²) in [5, 5.41) is 11.4. The number of hydrogen-bond acceptors (Lipinski definition) is 4. The maximum Gasteiger partial charge on any atom is 0.328 e. The zero-order valence-electron chi connectivity index (χ0n) is 11.4. The summed E-state index contributed by atoms with van der Waals surface area (Å²) >= 11 is 0. The van der Waals surface area contributed by atoms with Gasteiger partial charge in [-0.1, -0.05) is 13.8 Å². The van der Waals surface area contributed by atoms with E-state index in [9.17, 15) is 14.4 Å². The normalized spacial score (nSPS) is 13.0. The van der Waals surface area contributed by atoms with Crippen LogP contribution in [0.3, 0.4) is 0 Å². The summed E-state index contributed by atoms with van der Waals surface area (Å²) < 4.78 is 4.58. The molecule has 1 atom stereocenters. The maximum absolute atomic E-state index is 11.7. The van der Waals surface area contributed by atoms with Gasteiger partial charge in [0.2, 0.25) is 5.91 Å². The number of hydrogen-bond donors (Lipinski definition) is 2. The fraction of sp³-hybridized carbons (Fsp3) is 0.750. The van der Waals surface area contributed by atoms with Crippen LogP contribution in [-0.2, 0) is 19.1 Å². The zero-order valence-corrected chi connectivity index (χ0v) is 11.4. The standard InChI is InChI=1S/C12H21NO5/c1-7(2)9(10(15)18-5)13-8(14)6-12(3,4)11(16)17/h7,9H,6H2,1-5H3,(H,13,14)(H,16,17)/t9-/m0/s1. The van der Waals surface area contributed by atoms with Gasteiger partial charge in [-0.05, 0) is 19.8 Å². The third-order valence-electron chi connectivity index (χ3n) is 2.62. The van der Waals surface area contributed by atoms with E-state index in [2.05, 4.69) is 10.1 Å². The van der Waals surface area contributed by atoms with E-state index < -0.39 is 29.3 Å². The fourth-order valence-corrected chi connectivity index (χ4v) is 1.33. The molecule has 0 aliphatic rings. The van der Waals surface area contributed by atoms with Gasteiger partial charge in [0.1, 0.15) is 6.04 Å². The first-order valence-corrected chi connectivity index (χ1v) is 5.72. The molecule has 0 fully saturated rings. The molecule has 0 aromatic rings. The van der Waals surface area contributed by atoms with Crippen molar-refractivity contribution in [1.29, 1.82) is 0 Å². The van der Waals surface area contributed by atoms with Gasteiger partial charge in [-0.3, -0.25) is 9.59 Å². The molecule has 0 saturated heterocycles. The van der Waals surface area contributed by atoms with Crippen LogP contribution in [0.15, 0.2) is 0 Å². The number of carbonyl (C=O) groups is 3. The van der Waals surface area contributed by atoms with Gasteiger partial charge in [-0.25, -0.2) is 4.79 Å². The van der Waals surface area contributed by atoms with Gasteiger partial charge < -0.3 is 15.2 Å². The predicted molar refractivity (Wildman–Crippen MR) is 64.8 cm³/mol. The van der Waals surface area contributed by atoms with Gasteiger partial charge in [0.05, 0.1) is 12.5 Å². The average molecular weight is 259 g/mol. The lowest BCUT2D eigenvalue weighted by atomic mass is 9.89. The van der Waals surface area contributed by atoms with E-state index in [1.54, 1.807) is 13.8 Å². The van der Waals surface area contributed by atoms with Crippen molar-refractivity contribution in [2.75, 3.05) is 7.11 Å². The number of amides is 1. The molecule has 6 nitrogen and oxygen atoms in total. The van der Waals surface area contributed by atoms with Crippen molar-refractivity contribution in [3.8, 4) is 0 Å². The van der Waals surface area contributed by atoms with Gasteiger partial charge >= 0.3 is 11.9 Å². The fourth-order valence-electron chi connectivity index (χ4n) is 1.33. The van der Waals surface area contributed by atoms with E-state index in [0.29, 0.717) is 0 Å². The molecule has 0 bridgehead atoms. The highest BCUT2D eigenvalue weighted by Gasteiger charge is 2.32. The second kappa shape index (κ2) is 6.37. The highest BCUT2D eigenvalue weighted by atomic mass is 16.5. The van der Waals surface area contributed by atoms with Gasteiger partial charge in [-0.15, -0.1) is 0 Å². The topological polar surface area (TPSA) is 92.7 Å². The minimum Gasteiger partial charge on any atom is -0.481 e. The molecule has 0 unspecified atom stereocenters. The van der Waals surface area contributed by atoms with E-state index in [1.807, 2.05) is 0 Å². The zero-order chi connectivity index (χ0) is 14.5. The van der Waals surface area contributed by atoms with E-state index in [-0.39, 0.29) is 12.3 Å². The monoisotopic (exact) mass is 259 g/mol. The highest BCUT2D eigenvalue weighted by molar-refractivity contribution is 5.88. The van der Waals surface area contributed by atoms with Crippen LogP contribution in [-0.4, -0.2) is 36.1 Å². The number of nitrogens with one attached hydrogen (secondary N) is 1. The maximum atomic E-state index is 11.7. The SMILES string of the molecule is COC(=O)[C@@H](NC(=O)CC(C)(C)C(=O)O)C(C)C. The summed E-state index contributed by atoms with van der Waals surface area (Å²) in [7, 11) is 1.24. The molecular formula is C12H21NO5. The molecule has 1 amide bonds. The second-order valence-corrected chi connectivity index (χ2v) is 5.18. The Morgan fingerprint density at radius 3 is 2.11 bits per heavy atom. The molecule has 18 heavy (non-hydrogen) atoms. The first kappa shape index (κ1) is 16.4. The Balaban J connectivity index is 4.63. The molecule has 0 aliphatic heterocycles. The Morgan fingerprint density at radius 2 is 1.78 bits per heavy atom. The Bertz CT molecular complexity index is 335. The quantitative estimate of drug-likeness (QED) is 0.688. The van der Waals surface area contributed by atoms with E-state index in [0.717, 1.165) is 0 Å². The van der Waals surface area contributed by atoms with Crippen molar-refractivity contribution in [3.63, 3.8) is 0 Å². The Hall–Kier alpha value is -1.59. The van der Waals surface area contributed by atoms with Gasteiger partial charge in [0, 0.05) is 6.42 Å². The van der Waals surface area contributed by atoms with Crippen LogP contribution in [0.5, 0.6) is 0 Å². The Kier molecular flexibility index (Phi) is 5.81. The number of aliphatic carboxylic acids is 1. The molecule has 0 radical (unpaired) electrons. The lowest BCUT2D eigenvalue weighted by Gasteiger charge is -2.23. The summed E-state index contributed by atoms with van der Waals surface area (Å²) in [5.41, 5.74) is -1.16. The number of esters is 1. The number of methoxy groups -OCH3 is 1. The second-order valence-electron chi connectivity index (χ2n) is 5.18. The van der Waals surface area contributed by atoms with Crippen LogP contribution in [0.1, 0.15) is 34.1 Å². The lowest BCUT2D eigenvalue weighted by molar-refractivity contribution is -0.150. The number of carboxylic acids is 1. The first-order chi connectivity index (χ1) is 8.11. The summed E-state index contributed by atoms with van der Waals surface area (Å²) in [6.45, 7) is 6.45. The van der Waals surface area contributed by atoms with Crippen LogP contribution >= 0.6 is 0 Å². The summed E-state index contributed by atoms with van der Waals surface area (Å²) in [5.74, 6) is -2.20. The number of ether oxygens (including phenoxy) is 1. The van der Waals surface area contributed by atoms with E-state index in [1.165, 1.54) is 21.0 Å². The highest BCUT2D eigenvalue weighted by Crippen LogP contribution is 2.20. The smallest absolute Gasteiger partial charge is 0.328 e. The summed E-state index contributed by atoms with van der Waals surface area (Å²) in [4.78, 5) is 34.0. The van der Waals surface area contributed by atoms with Gasteiger partial charge in [0.25, 0.3) is 0 Å². The molecule has 6 heteroatoms. The molecule has 0 aromatic heterocycles. The third-order valence-corrected chi connectivity index (χ3v) is 2.62. The van der Waals surface area contributed by atoms with Crippen LogP contribution in [0, 0.1) is 11.3 Å². The van der Waals surface area contributed by atoms with Crippen LogP contribution in [0.25, 0.3) is 0 Å². The molecule has 0 aromatic carbocycles. The summed E-state index contributed by atoms with van der Waals surface area (Å²) in [6.07, 6.45) is -0.192.